The summed E-state index contributed by atoms with van der Waals surface area (Å²) in [4.78, 5) is 4.51. The number of H-pyrrole nitrogens is 1. The molecule has 0 saturated carbocycles. The molecule has 2 aromatic heterocycles. The van der Waals surface area contributed by atoms with E-state index in [0.29, 0.717) is 24.2 Å². The van der Waals surface area contributed by atoms with E-state index in [1.807, 2.05) is 7.05 Å². The number of anilines is 2. The highest BCUT2D eigenvalue weighted by atomic mass is 32.2. The zero-order valence-electron chi connectivity index (χ0n) is 18.2. The fourth-order valence-electron chi connectivity index (χ4n) is 5.18. The summed E-state index contributed by atoms with van der Waals surface area (Å²) in [5, 5.41) is 15.7. The monoisotopic (exact) mass is 454 g/mol. The normalized spacial score (nSPS) is 19.4. The summed E-state index contributed by atoms with van der Waals surface area (Å²) in [5.74, 6) is 0.444. The van der Waals surface area contributed by atoms with Crippen molar-refractivity contribution in [3.8, 4) is 0 Å². The van der Waals surface area contributed by atoms with E-state index >= 15 is 0 Å². The van der Waals surface area contributed by atoms with Crippen LogP contribution in [0.25, 0.3) is 0 Å². The summed E-state index contributed by atoms with van der Waals surface area (Å²) < 4.78 is 25.9. The number of aromatic amines is 1. The second kappa shape index (κ2) is 7.50. The molecule has 32 heavy (non-hydrogen) atoms. The van der Waals surface area contributed by atoms with Crippen LogP contribution in [0.15, 0.2) is 22.3 Å². The van der Waals surface area contributed by atoms with Gasteiger partial charge in [-0.05, 0) is 66.8 Å². The number of nitrogens with one attached hydrogen (secondary N) is 2. The summed E-state index contributed by atoms with van der Waals surface area (Å²) in [7, 11) is 1.88. The Labute approximate surface area is 188 Å². The Balaban J connectivity index is 1.28. The van der Waals surface area contributed by atoms with Crippen molar-refractivity contribution in [3.05, 3.63) is 40.1 Å². The number of methoxy groups -OCH3 is 1. The summed E-state index contributed by atoms with van der Waals surface area (Å²) in [6, 6.07) is 4.20. The maximum Gasteiger partial charge on any atom is 0.247 e. The fraction of sp³-hybridized carbons (Fsp3) is 0.500. The van der Waals surface area contributed by atoms with Crippen LogP contribution < -0.4 is 5.32 Å². The van der Waals surface area contributed by atoms with Gasteiger partial charge in [0.05, 0.1) is 18.9 Å². The summed E-state index contributed by atoms with van der Waals surface area (Å²) >= 11 is 0. The Morgan fingerprint density at radius 1 is 1.16 bits per heavy atom. The van der Waals surface area contributed by atoms with Gasteiger partial charge in [0.2, 0.25) is 11.1 Å². The molecule has 0 amide bonds. The Bertz CT molecular complexity index is 1190. The van der Waals surface area contributed by atoms with Crippen molar-refractivity contribution in [1.29, 1.82) is 0 Å². The molecule has 1 unspecified atom stereocenters. The molecule has 1 saturated heterocycles. The fourth-order valence-corrected chi connectivity index (χ4v) is 6.09. The lowest BCUT2D eigenvalue weighted by Gasteiger charge is -2.39. The van der Waals surface area contributed by atoms with Crippen LogP contribution in [0.1, 0.15) is 40.8 Å². The van der Waals surface area contributed by atoms with Gasteiger partial charge in [0.25, 0.3) is 0 Å². The predicted molar refractivity (Wildman–Crippen MR) is 118 cm³/mol. The van der Waals surface area contributed by atoms with Crippen LogP contribution in [0.3, 0.4) is 0 Å². The number of hydrogen-bond acceptors (Lipinski definition) is 7. The average Bonchev–Trinajstić information content (AvgIpc) is 3.54. The Morgan fingerprint density at radius 2 is 1.88 bits per heavy atom. The van der Waals surface area contributed by atoms with E-state index in [2.05, 4.69) is 31.7 Å². The number of fused-ring (bicyclic) bond motifs is 2. The maximum atomic E-state index is 13.2. The smallest absolute Gasteiger partial charge is 0.247 e. The van der Waals surface area contributed by atoms with Crippen LogP contribution in [0.5, 0.6) is 0 Å². The first-order valence-corrected chi connectivity index (χ1v) is 12.2. The minimum absolute atomic E-state index is 0.276. The molecule has 3 aliphatic rings. The van der Waals surface area contributed by atoms with E-state index in [1.165, 1.54) is 35.1 Å². The number of nitrogens with zero attached hydrogens (tertiary/aromatic N) is 4. The molecule has 10 heteroatoms. The van der Waals surface area contributed by atoms with Crippen molar-refractivity contribution in [3.63, 3.8) is 0 Å². The predicted octanol–water partition coefficient (Wildman–Crippen LogP) is 2.30. The van der Waals surface area contributed by atoms with E-state index in [9.17, 15) is 4.21 Å². The molecule has 1 aromatic carbocycles. The number of ether oxygens (including phenoxy) is 2. The third-order valence-electron chi connectivity index (χ3n) is 6.93. The number of hydrogen-bond donors (Lipinski definition) is 2. The molecule has 1 fully saturated rings. The van der Waals surface area contributed by atoms with Gasteiger partial charge in [-0.15, -0.1) is 5.10 Å². The van der Waals surface area contributed by atoms with Gasteiger partial charge in [-0.25, -0.2) is 9.31 Å². The highest BCUT2D eigenvalue weighted by molar-refractivity contribution is 7.84. The van der Waals surface area contributed by atoms with Crippen LogP contribution >= 0.6 is 0 Å². The maximum absolute atomic E-state index is 13.2. The molecule has 6 rings (SSSR count). The van der Waals surface area contributed by atoms with Crippen LogP contribution in [0.2, 0.25) is 0 Å². The van der Waals surface area contributed by atoms with Gasteiger partial charge in [0.15, 0.2) is 10.6 Å². The first kappa shape index (κ1) is 20.1. The lowest BCUT2D eigenvalue weighted by Crippen LogP contribution is -2.49. The Morgan fingerprint density at radius 3 is 2.50 bits per heavy atom. The zero-order valence-corrected chi connectivity index (χ0v) is 19.0. The standard InChI is InChI=1S/C22H26N6O3S/c1-28-17(22(30-2)11-31-12-22)10-18(27-28)32(29)21-24-20(25-26-21)23-19-15-7-3-5-13(15)9-14-6-4-8-16(14)19/h9-10H,3-8,11-12H2,1-2H3,(H2,23,24,25,26). The largest absolute Gasteiger partial charge is 0.374 e. The van der Waals surface area contributed by atoms with Gasteiger partial charge in [0.1, 0.15) is 10.8 Å². The lowest BCUT2D eigenvalue weighted by atomic mass is 9.97. The molecule has 3 heterocycles. The minimum Gasteiger partial charge on any atom is -0.374 e. The van der Waals surface area contributed by atoms with Crippen LogP contribution in [0.4, 0.5) is 11.6 Å². The van der Waals surface area contributed by atoms with Crippen molar-refractivity contribution in [2.24, 2.45) is 7.05 Å². The van der Waals surface area contributed by atoms with E-state index in [0.717, 1.165) is 37.1 Å². The van der Waals surface area contributed by atoms with Crippen LogP contribution in [-0.2, 0) is 58.6 Å². The van der Waals surface area contributed by atoms with Gasteiger partial charge in [-0.3, -0.25) is 4.68 Å². The topological polar surface area (TPSA) is 107 Å². The van der Waals surface area contributed by atoms with Gasteiger partial charge in [0, 0.05) is 19.8 Å². The lowest BCUT2D eigenvalue weighted by molar-refractivity contribution is -0.206. The van der Waals surface area contributed by atoms with E-state index in [-0.39, 0.29) is 5.16 Å². The second-order valence-corrected chi connectivity index (χ2v) is 10.1. The van der Waals surface area contributed by atoms with Gasteiger partial charge < -0.3 is 14.8 Å². The highest BCUT2D eigenvalue weighted by Gasteiger charge is 2.43. The highest BCUT2D eigenvalue weighted by Crippen LogP contribution is 2.39. The van der Waals surface area contributed by atoms with Crippen molar-refractivity contribution in [2.45, 2.75) is 54.3 Å². The third-order valence-corrected chi connectivity index (χ3v) is 8.04. The number of rotatable bonds is 6. The van der Waals surface area contributed by atoms with Gasteiger partial charge in [-0.2, -0.15) is 10.1 Å². The van der Waals surface area contributed by atoms with Gasteiger partial charge in [-0.1, -0.05) is 6.07 Å². The molecular formula is C22H26N6O3S. The molecule has 9 nitrogen and oxygen atoms in total. The summed E-state index contributed by atoms with van der Waals surface area (Å²) in [6.45, 7) is 0.911. The number of benzene rings is 1. The molecular weight excluding hydrogens is 428 g/mol. The van der Waals surface area contributed by atoms with Crippen molar-refractivity contribution in [1.82, 2.24) is 25.0 Å². The van der Waals surface area contributed by atoms with E-state index < -0.39 is 16.4 Å². The Kier molecular flexibility index (Phi) is 4.70. The first-order chi connectivity index (χ1) is 15.6. The minimum atomic E-state index is -1.58. The van der Waals surface area contributed by atoms with Gasteiger partial charge >= 0.3 is 0 Å². The summed E-state index contributed by atoms with van der Waals surface area (Å²) in [6.07, 6.45) is 6.80. The molecule has 3 aromatic rings. The van der Waals surface area contributed by atoms with Crippen LogP contribution in [-0.4, -0.2) is 49.5 Å². The molecule has 1 atom stereocenters. The van der Waals surface area contributed by atoms with Crippen molar-refractivity contribution >= 4 is 22.4 Å². The van der Waals surface area contributed by atoms with E-state index in [4.69, 9.17) is 9.47 Å². The number of aryl methyl sites for hydroxylation is 3. The molecule has 2 N–H and O–H groups in total. The molecule has 1 aliphatic heterocycles. The zero-order chi connectivity index (χ0) is 21.9. The Hall–Kier alpha value is -2.56. The first-order valence-electron chi connectivity index (χ1n) is 11.0. The molecule has 168 valence electrons. The van der Waals surface area contributed by atoms with Crippen molar-refractivity contribution < 1.29 is 13.7 Å². The average molecular weight is 455 g/mol. The quantitative estimate of drug-likeness (QED) is 0.588. The molecule has 0 bridgehead atoms. The van der Waals surface area contributed by atoms with E-state index in [1.54, 1.807) is 17.9 Å². The number of aromatic nitrogens is 5. The SMILES string of the molecule is COC1(c2cc(S(=O)c3nc(Nc4c5c(cc6c4CCC6)CCC5)n[nH]3)nn2C)COC1. The van der Waals surface area contributed by atoms with Crippen molar-refractivity contribution in [2.75, 3.05) is 25.6 Å². The molecule has 0 radical (unpaired) electrons. The second-order valence-electron chi connectivity index (χ2n) is 8.77. The molecule has 2 aliphatic carbocycles. The summed E-state index contributed by atoms with van der Waals surface area (Å²) in [5.41, 5.74) is 7.13. The third kappa shape index (κ3) is 3.04. The molecule has 0 spiro atoms. The van der Waals surface area contributed by atoms with Crippen LogP contribution in [0, 0.1) is 0 Å².